The third kappa shape index (κ3) is 23.1. The van der Waals surface area contributed by atoms with E-state index in [-0.39, 0.29) is 0 Å². The number of aromatic amines is 1. The third-order valence-electron chi connectivity index (χ3n) is 22.4. The lowest BCUT2D eigenvalue weighted by atomic mass is 9.97. The maximum atomic E-state index is 4.36. The van der Waals surface area contributed by atoms with E-state index in [0.29, 0.717) is 0 Å². The number of fused-ring (bicyclic) bond motifs is 16. The van der Waals surface area contributed by atoms with Crippen molar-refractivity contribution >= 4 is 147 Å². The average Bonchev–Trinajstić information content (AvgIpc) is 0.827. The number of benzene rings is 22. The number of pyridine rings is 1. The SMILES string of the molecule is c1ccc(N(c2ccccc2)c2ccccc2)cc1.c1ccc2c(c1)Cc1ccccc1-2.c1ccc2c(c1)[nH]c1ccccc12.c1ccc2cc3cc4cc5ccccc5cc4cc3cc2c1.c1ccc2cc3cc4ccccc4cc3cc2c1.c1ccc2cc3ccccc3cc2c1.c1ccc2ccccc2c1.c1ccccc1.c1ccncc1.c1ncncn1.c1nnco1. The number of aromatic nitrogens is 7. The Morgan fingerprint density at radius 2 is 0.402 bits per heavy atom. The fourth-order valence-electron chi connectivity index (χ4n) is 16.1. The Morgan fingerprint density at radius 3 is 0.644 bits per heavy atom. The van der Waals surface area contributed by atoms with E-state index in [1.54, 1.807) is 12.4 Å². The molecule has 4 heterocycles. The van der Waals surface area contributed by atoms with Crippen LogP contribution in [-0.2, 0) is 6.42 Å². The molecule has 22 aromatic carbocycles. The van der Waals surface area contributed by atoms with Crippen LogP contribution in [0.2, 0.25) is 0 Å². The molecule has 27 rings (SSSR count). The van der Waals surface area contributed by atoms with Gasteiger partial charge in [0, 0.05) is 51.3 Å². The van der Waals surface area contributed by atoms with Gasteiger partial charge < -0.3 is 14.3 Å². The summed E-state index contributed by atoms with van der Waals surface area (Å²) < 4.78 is 4.36. The number of nitrogens with one attached hydrogen (secondary N) is 1. The van der Waals surface area contributed by atoms with Crippen LogP contribution >= 0.6 is 0 Å². The lowest BCUT2D eigenvalue weighted by Gasteiger charge is -2.25. The summed E-state index contributed by atoms with van der Waals surface area (Å²) in [5.74, 6) is 0. The zero-order chi connectivity index (χ0) is 89.2. The molecule has 9 nitrogen and oxygen atoms in total. The molecular formula is C123H94N8O. The van der Waals surface area contributed by atoms with E-state index in [0.717, 1.165) is 6.42 Å². The first kappa shape index (κ1) is 86.5. The van der Waals surface area contributed by atoms with Gasteiger partial charge in [-0.2, -0.15) is 0 Å². The predicted molar refractivity (Wildman–Crippen MR) is 557 cm³/mol. The van der Waals surface area contributed by atoms with Crippen LogP contribution in [0.25, 0.3) is 141 Å². The van der Waals surface area contributed by atoms with E-state index in [1.165, 1.54) is 201 Å². The quantitative estimate of drug-likeness (QED) is 0.174. The first-order chi connectivity index (χ1) is 65.5. The molecule has 0 saturated heterocycles. The van der Waals surface area contributed by atoms with Crippen molar-refractivity contribution in [1.29, 1.82) is 0 Å². The molecule has 0 spiro atoms. The zero-order valence-electron chi connectivity index (χ0n) is 72.8. The maximum absolute atomic E-state index is 4.36. The molecule has 0 radical (unpaired) electrons. The Balaban J connectivity index is 0.000000104. The Bertz CT molecular complexity index is 7220. The van der Waals surface area contributed by atoms with Gasteiger partial charge in [0.2, 0.25) is 12.8 Å². The molecule has 26 aromatic rings. The van der Waals surface area contributed by atoms with E-state index in [2.05, 4.69) is 481 Å². The first-order valence-corrected chi connectivity index (χ1v) is 44.1. The van der Waals surface area contributed by atoms with Gasteiger partial charge in [-0.1, -0.05) is 376 Å². The van der Waals surface area contributed by atoms with Gasteiger partial charge in [-0.15, -0.1) is 10.2 Å². The second kappa shape index (κ2) is 45.0. The van der Waals surface area contributed by atoms with Crippen molar-refractivity contribution in [3.8, 4) is 11.1 Å². The zero-order valence-corrected chi connectivity index (χ0v) is 72.8. The van der Waals surface area contributed by atoms with E-state index in [1.807, 2.05) is 72.8 Å². The molecule has 0 amide bonds. The molecule has 1 aliphatic carbocycles. The minimum atomic E-state index is 1.10. The summed E-state index contributed by atoms with van der Waals surface area (Å²) in [7, 11) is 0. The van der Waals surface area contributed by atoms with Gasteiger partial charge in [0.1, 0.15) is 19.0 Å². The van der Waals surface area contributed by atoms with Crippen molar-refractivity contribution in [2.24, 2.45) is 0 Å². The van der Waals surface area contributed by atoms with Crippen molar-refractivity contribution < 1.29 is 4.42 Å². The minimum absolute atomic E-state index is 1.10. The second-order valence-corrected chi connectivity index (χ2v) is 31.2. The predicted octanol–water partition coefficient (Wildman–Crippen LogP) is 32.7. The highest BCUT2D eigenvalue weighted by Gasteiger charge is 2.17. The average molecular weight is 1700 g/mol. The van der Waals surface area contributed by atoms with Crippen LogP contribution in [0.3, 0.4) is 0 Å². The highest BCUT2D eigenvalue weighted by Crippen LogP contribution is 2.38. The summed E-state index contributed by atoms with van der Waals surface area (Å²) in [5.41, 5.74) is 11.7. The third-order valence-corrected chi connectivity index (χ3v) is 22.4. The summed E-state index contributed by atoms with van der Waals surface area (Å²) in [5, 5.41) is 35.4. The number of H-pyrrole nitrogens is 1. The number of hydrogen-bond acceptors (Lipinski definition) is 8. The van der Waals surface area contributed by atoms with E-state index in [4.69, 9.17) is 0 Å². The molecule has 0 bridgehead atoms. The number of hydrogen-bond donors (Lipinski definition) is 1. The number of para-hydroxylation sites is 5. The fourth-order valence-corrected chi connectivity index (χ4v) is 16.1. The topological polar surface area (TPSA) is 110 Å². The van der Waals surface area contributed by atoms with Crippen LogP contribution in [0.15, 0.2) is 558 Å². The molecule has 0 atom stereocenters. The van der Waals surface area contributed by atoms with Crippen LogP contribution in [-0.4, -0.2) is 35.1 Å². The van der Waals surface area contributed by atoms with E-state index in [9.17, 15) is 0 Å². The molecule has 1 N–H and O–H groups in total. The molecule has 0 saturated carbocycles. The second-order valence-electron chi connectivity index (χ2n) is 31.2. The van der Waals surface area contributed by atoms with Crippen molar-refractivity contribution in [3.63, 3.8) is 0 Å². The maximum Gasteiger partial charge on any atom is 0.203 e. The monoisotopic (exact) mass is 1700 g/mol. The number of anilines is 3. The fraction of sp³-hybridized carbons (Fsp3) is 0.00813. The van der Waals surface area contributed by atoms with Gasteiger partial charge >= 0.3 is 0 Å². The summed E-state index contributed by atoms with van der Waals surface area (Å²) in [6, 6.07) is 178. The number of rotatable bonds is 3. The van der Waals surface area contributed by atoms with Gasteiger partial charge in [-0.3, -0.25) is 4.98 Å². The molecule has 0 fully saturated rings. The summed E-state index contributed by atoms with van der Waals surface area (Å²) >= 11 is 0. The van der Waals surface area contributed by atoms with Crippen LogP contribution in [0.1, 0.15) is 11.1 Å². The lowest BCUT2D eigenvalue weighted by molar-refractivity contribution is 0.553. The highest BCUT2D eigenvalue weighted by atomic mass is 16.3. The van der Waals surface area contributed by atoms with Crippen LogP contribution in [0, 0.1) is 0 Å². The molecule has 0 unspecified atom stereocenters. The molecular weight excluding hydrogens is 1610 g/mol. The van der Waals surface area contributed by atoms with E-state index < -0.39 is 0 Å². The van der Waals surface area contributed by atoms with Gasteiger partial charge in [-0.25, -0.2) is 15.0 Å². The Kier molecular flexibility index (Phi) is 29.5. The van der Waals surface area contributed by atoms with Crippen molar-refractivity contribution in [2.45, 2.75) is 6.42 Å². The Hall–Kier alpha value is -17.7. The number of nitrogens with zero attached hydrogens (tertiary/aromatic N) is 7. The van der Waals surface area contributed by atoms with Crippen molar-refractivity contribution in [2.75, 3.05) is 4.90 Å². The van der Waals surface area contributed by atoms with Crippen LogP contribution < -0.4 is 4.90 Å². The van der Waals surface area contributed by atoms with Gasteiger partial charge in [0.25, 0.3) is 0 Å². The van der Waals surface area contributed by atoms with Crippen LogP contribution in [0.5, 0.6) is 0 Å². The highest BCUT2D eigenvalue weighted by molar-refractivity contribution is 6.10. The Labute approximate surface area is 768 Å². The molecule has 4 aromatic heterocycles. The van der Waals surface area contributed by atoms with E-state index >= 15 is 0 Å². The van der Waals surface area contributed by atoms with Crippen LogP contribution in [0.4, 0.5) is 17.1 Å². The summed E-state index contributed by atoms with van der Waals surface area (Å²) in [4.78, 5) is 20.1. The summed E-state index contributed by atoms with van der Waals surface area (Å²) in [6.45, 7) is 0. The molecule has 132 heavy (non-hydrogen) atoms. The standard InChI is InChI=1S/C22H14.C18H15N.C18H12.C14H10.C13H10.C12H9N.C10H8.C6H6.C5H5N.C3H3N3.C2H2N2O/c1-2-6-16-10-20-14-22-12-18-8-4-3-7-17(18)11-21(22)13-19(20)9-15(16)5-1;1-4-10-16(11-5-1)19(17-12-6-2-7-13-17)18-14-8-3-9-15-18;1-2-6-14-10-18-12-16-8-4-3-7-15(16)11-17(18)9-13(14)5-1;1-2-6-12-10-14-8-4-3-7-13(14)9-11(12)5-1;1-3-7-12-10(5-1)9-11-6-2-4-8-13(11)12;1-3-7-11-9(5-1)10-6-2-4-8-12(10)13-11;1-2-6-10-8-4-3-7-9(10)5-1;2*1-2-4-6-5-3-1;1-4-2-6-3-5-1;1-3-4-2-5-1/h1-14H;1-15H;1-12H;1-10H;1-8H,9H2;1-8,13H;1-8H;1-6H;1-5H;1-3H;1-2H. The molecule has 632 valence electrons. The molecule has 9 heteroatoms. The first-order valence-electron chi connectivity index (χ1n) is 44.1. The molecule has 0 aliphatic heterocycles. The normalized spacial score (nSPS) is 10.5. The smallest absolute Gasteiger partial charge is 0.203 e. The summed E-state index contributed by atoms with van der Waals surface area (Å²) in [6.07, 6.45) is 11.4. The minimum Gasteiger partial charge on any atom is -0.431 e. The lowest BCUT2D eigenvalue weighted by Crippen LogP contribution is -2.09. The van der Waals surface area contributed by atoms with Crippen molar-refractivity contribution in [1.82, 2.24) is 35.1 Å². The largest absolute Gasteiger partial charge is 0.431 e. The van der Waals surface area contributed by atoms with Gasteiger partial charge in [0.15, 0.2) is 0 Å². The van der Waals surface area contributed by atoms with Gasteiger partial charge in [0.05, 0.1) is 0 Å². The molecule has 1 aliphatic rings. The van der Waals surface area contributed by atoms with Crippen molar-refractivity contribution in [3.05, 3.63) is 565 Å². The Morgan fingerprint density at radius 1 is 0.189 bits per heavy atom. The van der Waals surface area contributed by atoms with Gasteiger partial charge in [-0.05, 0) is 270 Å².